The highest BCUT2D eigenvalue weighted by Crippen LogP contribution is 2.34. The van der Waals surface area contributed by atoms with Crippen LogP contribution in [0.5, 0.6) is 0 Å². The van der Waals surface area contributed by atoms with Crippen LogP contribution in [0.3, 0.4) is 0 Å². The van der Waals surface area contributed by atoms with Gasteiger partial charge in [-0.3, -0.25) is 14.9 Å². The van der Waals surface area contributed by atoms with Gasteiger partial charge in [-0.1, -0.05) is 0 Å². The van der Waals surface area contributed by atoms with E-state index < -0.39 is 16.9 Å². The van der Waals surface area contributed by atoms with Crippen LogP contribution in [0.25, 0.3) is 6.08 Å². The van der Waals surface area contributed by atoms with Gasteiger partial charge in [-0.05, 0) is 47.2 Å². The molecule has 8 heteroatoms. The van der Waals surface area contributed by atoms with Gasteiger partial charge < -0.3 is 9.64 Å². The number of benzene rings is 1. The third kappa shape index (κ3) is 3.50. The highest BCUT2D eigenvalue weighted by molar-refractivity contribution is 7.10. The zero-order chi connectivity index (χ0) is 18.7. The lowest BCUT2D eigenvalue weighted by atomic mass is 9.99. The Bertz CT molecular complexity index is 872. The summed E-state index contributed by atoms with van der Waals surface area (Å²) in [6, 6.07) is 6.98. The second-order valence-electron chi connectivity index (χ2n) is 5.69. The molecule has 1 aliphatic heterocycles. The second kappa shape index (κ2) is 7.49. The summed E-state index contributed by atoms with van der Waals surface area (Å²) in [5.41, 5.74) is 1.46. The first-order valence-corrected chi connectivity index (χ1v) is 8.76. The number of hydrogen-bond donors (Lipinski definition) is 0. The molecule has 1 aromatic carbocycles. The lowest BCUT2D eigenvalue weighted by Crippen LogP contribution is -2.42. The molecule has 2 aromatic rings. The second-order valence-corrected chi connectivity index (χ2v) is 6.69. The van der Waals surface area contributed by atoms with Crippen LogP contribution in [0.1, 0.15) is 22.0 Å². The smallest absolute Gasteiger partial charge is 0.333 e. The van der Waals surface area contributed by atoms with Gasteiger partial charge >= 0.3 is 5.97 Å². The molecule has 2 heterocycles. The molecule has 0 saturated carbocycles. The van der Waals surface area contributed by atoms with Gasteiger partial charge in [0.2, 0.25) is 5.91 Å². The van der Waals surface area contributed by atoms with Crippen molar-refractivity contribution in [2.24, 2.45) is 0 Å². The number of carbonyl (C=O) groups is 2. The molecule has 134 valence electrons. The number of non-ortho nitro benzene ring substituents is 1. The lowest BCUT2D eigenvalue weighted by Gasteiger charge is -2.33. The Labute approximate surface area is 153 Å². The zero-order valence-electron chi connectivity index (χ0n) is 14.0. The number of nitrogens with zero attached hydrogens (tertiary/aromatic N) is 2. The summed E-state index contributed by atoms with van der Waals surface area (Å²) < 4.78 is 4.88. The molecule has 0 saturated heterocycles. The van der Waals surface area contributed by atoms with E-state index in [0.717, 1.165) is 10.4 Å². The van der Waals surface area contributed by atoms with Crippen molar-refractivity contribution in [3.8, 4) is 0 Å². The van der Waals surface area contributed by atoms with E-state index in [-0.39, 0.29) is 11.6 Å². The van der Waals surface area contributed by atoms with Gasteiger partial charge in [0, 0.05) is 29.6 Å². The number of nitro benzene ring substituents is 1. The molecule has 1 aliphatic rings. The summed E-state index contributed by atoms with van der Waals surface area (Å²) in [4.78, 5) is 37.6. The molecule has 26 heavy (non-hydrogen) atoms. The van der Waals surface area contributed by atoms with E-state index >= 15 is 0 Å². The van der Waals surface area contributed by atoms with Gasteiger partial charge in [-0.2, -0.15) is 0 Å². The van der Waals surface area contributed by atoms with Crippen molar-refractivity contribution in [3.05, 3.63) is 67.9 Å². The molecule has 0 N–H and O–H groups in total. The molecule has 7 nitrogen and oxygen atoms in total. The maximum absolute atomic E-state index is 12.6. The molecule has 0 aliphatic carbocycles. The summed E-state index contributed by atoms with van der Waals surface area (Å²) in [5, 5.41) is 12.6. The first kappa shape index (κ1) is 17.8. The van der Waals surface area contributed by atoms with Gasteiger partial charge in [-0.15, -0.1) is 11.3 Å². The number of hydrogen-bond acceptors (Lipinski definition) is 6. The molecular formula is C18H16N2O5S. The van der Waals surface area contributed by atoms with Crippen LogP contribution >= 0.6 is 11.3 Å². The van der Waals surface area contributed by atoms with Crippen molar-refractivity contribution in [1.29, 1.82) is 0 Å². The Morgan fingerprint density at radius 2 is 2.04 bits per heavy atom. The quantitative estimate of drug-likeness (QED) is 0.356. The Balaban J connectivity index is 1.80. The van der Waals surface area contributed by atoms with E-state index in [0.29, 0.717) is 18.5 Å². The highest BCUT2D eigenvalue weighted by atomic mass is 32.1. The fourth-order valence-electron chi connectivity index (χ4n) is 2.89. The van der Waals surface area contributed by atoms with Crippen molar-refractivity contribution >= 4 is 35.0 Å². The van der Waals surface area contributed by atoms with Crippen molar-refractivity contribution in [3.63, 3.8) is 0 Å². The zero-order valence-corrected chi connectivity index (χ0v) is 14.8. The minimum atomic E-state index is -0.746. The van der Waals surface area contributed by atoms with E-state index in [4.69, 9.17) is 4.74 Å². The minimum absolute atomic E-state index is 0.0137. The van der Waals surface area contributed by atoms with E-state index in [1.165, 1.54) is 30.2 Å². The average Bonchev–Trinajstić information content (AvgIpc) is 3.13. The molecule has 1 amide bonds. The van der Waals surface area contributed by atoms with Crippen LogP contribution in [0, 0.1) is 10.1 Å². The number of amides is 1. The highest BCUT2D eigenvalue weighted by Gasteiger charge is 2.36. The van der Waals surface area contributed by atoms with Crippen molar-refractivity contribution in [2.45, 2.75) is 12.5 Å². The summed E-state index contributed by atoms with van der Waals surface area (Å²) >= 11 is 1.57. The first-order valence-electron chi connectivity index (χ1n) is 7.88. The number of nitro groups is 1. The van der Waals surface area contributed by atoms with Crippen LogP contribution in [0.2, 0.25) is 0 Å². The molecule has 1 atom stereocenters. The standard InChI is InChI=1S/C18H16N2O5S/c1-25-18(22)17-14-9-11-26-15(14)8-10-19(17)16(21)7-4-12-2-5-13(6-3-12)20(23)24/h2-7,9,11,17H,8,10H2,1H3/b7-4+. The predicted octanol–water partition coefficient (Wildman–Crippen LogP) is 2.97. The monoisotopic (exact) mass is 372 g/mol. The molecule has 1 aromatic heterocycles. The fraction of sp³-hybridized carbons (Fsp3) is 0.222. The Kier molecular flexibility index (Phi) is 5.13. The Hall–Kier alpha value is -3.00. The van der Waals surface area contributed by atoms with Crippen LogP contribution in [-0.2, 0) is 20.7 Å². The molecule has 1 unspecified atom stereocenters. The van der Waals surface area contributed by atoms with Gasteiger partial charge in [0.05, 0.1) is 12.0 Å². The number of methoxy groups -OCH3 is 1. The largest absolute Gasteiger partial charge is 0.467 e. The average molecular weight is 372 g/mol. The van der Waals surface area contributed by atoms with Crippen molar-refractivity contribution < 1.29 is 19.2 Å². The van der Waals surface area contributed by atoms with Crippen LogP contribution < -0.4 is 0 Å². The number of esters is 1. The topological polar surface area (TPSA) is 89.8 Å². The van der Waals surface area contributed by atoms with E-state index in [1.807, 2.05) is 11.4 Å². The SMILES string of the molecule is COC(=O)C1c2ccsc2CCN1C(=O)/C=C/c1ccc([N+](=O)[O-])cc1. The maximum atomic E-state index is 12.6. The predicted molar refractivity (Wildman–Crippen MR) is 96.6 cm³/mol. The third-order valence-corrected chi connectivity index (χ3v) is 5.19. The lowest BCUT2D eigenvalue weighted by molar-refractivity contribution is -0.384. The summed E-state index contributed by atoms with van der Waals surface area (Å²) in [6.45, 7) is 0.427. The Morgan fingerprint density at radius 3 is 2.69 bits per heavy atom. The van der Waals surface area contributed by atoms with Gasteiger partial charge in [0.15, 0.2) is 6.04 Å². The maximum Gasteiger partial charge on any atom is 0.333 e. The first-order chi connectivity index (χ1) is 12.5. The van der Waals surface area contributed by atoms with E-state index in [2.05, 4.69) is 0 Å². The minimum Gasteiger partial charge on any atom is -0.467 e. The number of rotatable bonds is 4. The fourth-order valence-corrected chi connectivity index (χ4v) is 3.79. The normalized spacial score (nSPS) is 16.3. The number of carbonyl (C=O) groups excluding carboxylic acids is 2. The number of ether oxygens (including phenoxy) is 1. The number of fused-ring (bicyclic) bond motifs is 1. The van der Waals surface area contributed by atoms with Gasteiger partial charge in [0.25, 0.3) is 5.69 Å². The molecular weight excluding hydrogens is 356 g/mol. The van der Waals surface area contributed by atoms with Gasteiger partial charge in [0.1, 0.15) is 0 Å². The Morgan fingerprint density at radius 1 is 1.31 bits per heavy atom. The molecule has 0 spiro atoms. The summed E-state index contributed by atoms with van der Waals surface area (Å²) in [7, 11) is 1.30. The van der Waals surface area contributed by atoms with Crippen LogP contribution in [0.15, 0.2) is 41.8 Å². The van der Waals surface area contributed by atoms with Gasteiger partial charge in [-0.25, -0.2) is 4.79 Å². The number of thiophene rings is 1. The summed E-state index contributed by atoms with van der Waals surface area (Å²) in [5.74, 6) is -0.781. The van der Waals surface area contributed by atoms with Crippen LogP contribution in [-0.4, -0.2) is 35.4 Å². The third-order valence-electron chi connectivity index (χ3n) is 4.20. The van der Waals surface area contributed by atoms with E-state index in [1.54, 1.807) is 29.5 Å². The van der Waals surface area contributed by atoms with Crippen molar-refractivity contribution in [1.82, 2.24) is 4.90 Å². The summed E-state index contributed by atoms with van der Waals surface area (Å²) in [6.07, 6.45) is 3.63. The van der Waals surface area contributed by atoms with E-state index in [9.17, 15) is 19.7 Å². The molecule has 3 rings (SSSR count). The molecule has 0 bridgehead atoms. The van der Waals surface area contributed by atoms with Crippen LogP contribution in [0.4, 0.5) is 5.69 Å². The molecule has 0 radical (unpaired) electrons. The van der Waals surface area contributed by atoms with Crippen molar-refractivity contribution in [2.75, 3.05) is 13.7 Å². The molecule has 0 fully saturated rings.